The van der Waals surface area contributed by atoms with Crippen molar-refractivity contribution in [1.82, 2.24) is 5.32 Å². The van der Waals surface area contributed by atoms with Crippen molar-refractivity contribution in [2.75, 3.05) is 13.2 Å². The van der Waals surface area contributed by atoms with E-state index in [0.29, 0.717) is 0 Å². The third-order valence-corrected chi connectivity index (χ3v) is 1.73. The Labute approximate surface area is 86.0 Å². The van der Waals surface area contributed by atoms with Gasteiger partial charge in [-0.1, -0.05) is 13.8 Å². The van der Waals surface area contributed by atoms with Crippen LogP contribution in [0.1, 0.15) is 13.8 Å². The standard InChI is InChI=1S/C8H15F3N2O2/c1-5(2)6(3-12)13-7(14)15-4-8(9,10)11/h5-6H,3-4,12H2,1-2H3,(H,13,14). The molecule has 0 aliphatic rings. The Kier molecular flexibility index (Phi) is 5.41. The van der Waals surface area contributed by atoms with E-state index in [1.165, 1.54) is 0 Å². The summed E-state index contributed by atoms with van der Waals surface area (Å²) in [5.41, 5.74) is 5.31. The molecule has 0 aromatic carbocycles. The van der Waals surface area contributed by atoms with Crippen LogP contribution >= 0.6 is 0 Å². The quantitative estimate of drug-likeness (QED) is 0.761. The average Bonchev–Trinajstić information content (AvgIpc) is 2.09. The molecule has 0 aliphatic carbocycles. The topological polar surface area (TPSA) is 64.3 Å². The molecule has 0 aromatic rings. The minimum Gasteiger partial charge on any atom is -0.440 e. The van der Waals surface area contributed by atoms with Crippen LogP contribution in [-0.4, -0.2) is 31.5 Å². The van der Waals surface area contributed by atoms with Crippen LogP contribution in [0.25, 0.3) is 0 Å². The SMILES string of the molecule is CC(C)C(CN)NC(=O)OCC(F)(F)F. The lowest BCUT2D eigenvalue weighted by Crippen LogP contribution is -2.44. The van der Waals surface area contributed by atoms with Crippen LogP contribution in [0.2, 0.25) is 0 Å². The maximum Gasteiger partial charge on any atom is 0.422 e. The molecule has 1 atom stereocenters. The number of alkyl halides is 3. The van der Waals surface area contributed by atoms with Gasteiger partial charge >= 0.3 is 12.3 Å². The lowest BCUT2D eigenvalue weighted by molar-refractivity contribution is -0.160. The number of hydrogen-bond donors (Lipinski definition) is 2. The van der Waals surface area contributed by atoms with Crippen LogP contribution in [-0.2, 0) is 4.74 Å². The molecule has 1 unspecified atom stereocenters. The van der Waals surface area contributed by atoms with Gasteiger partial charge in [0.05, 0.1) is 0 Å². The summed E-state index contributed by atoms with van der Waals surface area (Å²) in [4.78, 5) is 10.9. The van der Waals surface area contributed by atoms with Crippen molar-refractivity contribution in [2.24, 2.45) is 11.7 Å². The van der Waals surface area contributed by atoms with Crippen molar-refractivity contribution in [3.8, 4) is 0 Å². The van der Waals surface area contributed by atoms with Gasteiger partial charge in [-0.2, -0.15) is 13.2 Å². The number of carbonyl (C=O) groups excluding carboxylic acids is 1. The highest BCUT2D eigenvalue weighted by Crippen LogP contribution is 2.14. The number of carbonyl (C=O) groups is 1. The van der Waals surface area contributed by atoms with Gasteiger partial charge in [0.2, 0.25) is 0 Å². The summed E-state index contributed by atoms with van der Waals surface area (Å²) in [6.45, 7) is 2.15. The Balaban J connectivity index is 3.92. The second-order valence-corrected chi connectivity index (χ2v) is 3.42. The van der Waals surface area contributed by atoms with Crippen LogP contribution in [0.15, 0.2) is 0 Å². The minimum absolute atomic E-state index is 0.0356. The molecule has 0 rings (SSSR count). The van der Waals surface area contributed by atoms with E-state index < -0.39 is 18.9 Å². The predicted molar refractivity (Wildman–Crippen MR) is 48.2 cm³/mol. The Hall–Kier alpha value is -0.980. The maximum atomic E-state index is 11.7. The highest BCUT2D eigenvalue weighted by Gasteiger charge is 2.30. The van der Waals surface area contributed by atoms with Gasteiger partial charge in [0.15, 0.2) is 6.61 Å². The van der Waals surface area contributed by atoms with Gasteiger partial charge in [0.1, 0.15) is 0 Å². The molecule has 0 radical (unpaired) electrons. The fourth-order valence-electron chi connectivity index (χ4n) is 0.838. The molecule has 15 heavy (non-hydrogen) atoms. The molecular formula is C8H15F3N2O2. The molecule has 0 aromatic heterocycles. The number of amides is 1. The Bertz CT molecular complexity index is 207. The van der Waals surface area contributed by atoms with Crippen molar-refractivity contribution in [3.05, 3.63) is 0 Å². The van der Waals surface area contributed by atoms with Crippen molar-refractivity contribution in [3.63, 3.8) is 0 Å². The lowest BCUT2D eigenvalue weighted by Gasteiger charge is -2.20. The molecule has 0 aliphatic heterocycles. The zero-order chi connectivity index (χ0) is 12.1. The number of nitrogens with two attached hydrogens (primary N) is 1. The van der Waals surface area contributed by atoms with Crippen molar-refractivity contribution in [2.45, 2.75) is 26.1 Å². The molecule has 7 heteroatoms. The molecule has 3 N–H and O–H groups in total. The molecule has 0 saturated heterocycles. The molecule has 4 nitrogen and oxygen atoms in total. The summed E-state index contributed by atoms with van der Waals surface area (Å²) in [6, 6.07) is -0.384. The highest BCUT2D eigenvalue weighted by molar-refractivity contribution is 5.67. The van der Waals surface area contributed by atoms with Crippen LogP contribution < -0.4 is 11.1 Å². The van der Waals surface area contributed by atoms with Crippen LogP contribution in [0, 0.1) is 5.92 Å². The van der Waals surface area contributed by atoms with Gasteiger partial charge in [-0.15, -0.1) is 0 Å². The molecule has 1 amide bonds. The summed E-state index contributed by atoms with van der Waals surface area (Å²) < 4.78 is 39.0. The Morgan fingerprint density at radius 1 is 1.47 bits per heavy atom. The molecule has 0 saturated carbocycles. The first-order valence-electron chi connectivity index (χ1n) is 4.46. The van der Waals surface area contributed by atoms with E-state index in [2.05, 4.69) is 10.1 Å². The number of ether oxygens (including phenoxy) is 1. The smallest absolute Gasteiger partial charge is 0.422 e. The first-order valence-corrected chi connectivity index (χ1v) is 4.46. The van der Waals surface area contributed by atoms with Gasteiger partial charge in [0.25, 0.3) is 0 Å². The summed E-state index contributed by atoms with van der Waals surface area (Å²) in [7, 11) is 0. The fourth-order valence-corrected chi connectivity index (χ4v) is 0.838. The Morgan fingerprint density at radius 2 is 2.00 bits per heavy atom. The zero-order valence-electron chi connectivity index (χ0n) is 8.60. The van der Waals surface area contributed by atoms with Crippen molar-refractivity contribution in [1.29, 1.82) is 0 Å². The average molecular weight is 228 g/mol. The zero-order valence-corrected chi connectivity index (χ0v) is 8.60. The summed E-state index contributed by atoms with van der Waals surface area (Å²) >= 11 is 0. The molecule has 0 heterocycles. The van der Waals surface area contributed by atoms with Gasteiger partial charge in [0, 0.05) is 12.6 Å². The van der Waals surface area contributed by atoms with Crippen molar-refractivity contribution >= 4 is 6.09 Å². The maximum absolute atomic E-state index is 11.7. The van der Waals surface area contributed by atoms with Crippen LogP contribution in [0.5, 0.6) is 0 Å². The molecule has 0 bridgehead atoms. The number of rotatable bonds is 4. The summed E-state index contributed by atoms with van der Waals surface area (Å²) in [5, 5.41) is 2.25. The minimum atomic E-state index is -4.51. The number of alkyl carbamates (subject to hydrolysis) is 1. The molecular weight excluding hydrogens is 213 g/mol. The van der Waals surface area contributed by atoms with Gasteiger partial charge in [-0.25, -0.2) is 4.79 Å². The van der Waals surface area contributed by atoms with E-state index in [1.807, 2.05) is 0 Å². The molecule has 0 fully saturated rings. The summed E-state index contributed by atoms with van der Waals surface area (Å²) in [6.07, 6.45) is -5.61. The first kappa shape index (κ1) is 14.0. The van der Waals surface area contributed by atoms with Gasteiger partial charge in [-0.05, 0) is 5.92 Å². The van der Waals surface area contributed by atoms with E-state index in [-0.39, 0.29) is 18.5 Å². The van der Waals surface area contributed by atoms with Crippen molar-refractivity contribution < 1.29 is 22.7 Å². The monoisotopic (exact) mass is 228 g/mol. The molecule has 0 spiro atoms. The normalized spacial score (nSPS) is 13.8. The van der Waals surface area contributed by atoms with E-state index >= 15 is 0 Å². The second-order valence-electron chi connectivity index (χ2n) is 3.42. The fraction of sp³-hybridized carbons (Fsp3) is 0.875. The van der Waals surface area contributed by atoms with Crippen LogP contribution in [0.3, 0.4) is 0 Å². The second kappa shape index (κ2) is 5.79. The predicted octanol–water partition coefficient (Wildman–Crippen LogP) is 1.26. The van der Waals surface area contributed by atoms with E-state index in [9.17, 15) is 18.0 Å². The van der Waals surface area contributed by atoms with E-state index in [1.54, 1.807) is 13.8 Å². The third-order valence-electron chi connectivity index (χ3n) is 1.73. The van der Waals surface area contributed by atoms with Gasteiger partial charge in [-0.3, -0.25) is 0 Å². The largest absolute Gasteiger partial charge is 0.440 e. The first-order chi connectivity index (χ1) is 6.76. The van der Waals surface area contributed by atoms with E-state index in [4.69, 9.17) is 5.73 Å². The van der Waals surface area contributed by atoms with Gasteiger partial charge < -0.3 is 15.8 Å². The number of hydrogen-bond acceptors (Lipinski definition) is 3. The highest BCUT2D eigenvalue weighted by atomic mass is 19.4. The Morgan fingerprint density at radius 3 is 2.33 bits per heavy atom. The third kappa shape index (κ3) is 7.01. The van der Waals surface area contributed by atoms with E-state index in [0.717, 1.165) is 0 Å². The number of halogens is 3. The summed E-state index contributed by atoms with van der Waals surface area (Å²) in [5.74, 6) is 0.0356. The lowest BCUT2D eigenvalue weighted by atomic mass is 10.1. The number of nitrogens with one attached hydrogen (secondary N) is 1. The van der Waals surface area contributed by atoms with Crippen LogP contribution in [0.4, 0.5) is 18.0 Å². The molecule has 90 valence electrons.